The number of aliphatic hydroxyl groups is 1. The lowest BCUT2D eigenvalue weighted by Crippen LogP contribution is -2.52. The van der Waals surface area contributed by atoms with Crippen molar-refractivity contribution in [2.45, 2.75) is 25.0 Å². The summed E-state index contributed by atoms with van der Waals surface area (Å²) in [5, 5.41) is 12.7. The van der Waals surface area contributed by atoms with Gasteiger partial charge in [-0.3, -0.25) is 14.6 Å². The lowest BCUT2D eigenvalue weighted by atomic mass is 10.0. The van der Waals surface area contributed by atoms with E-state index in [0.717, 1.165) is 29.3 Å². The minimum atomic E-state index is -2.88. The molecule has 0 bridgehead atoms. The molecule has 1 aliphatic rings. The van der Waals surface area contributed by atoms with Gasteiger partial charge in [-0.25, -0.2) is 13.2 Å². The monoisotopic (exact) mass is 447 g/mol. The van der Waals surface area contributed by atoms with E-state index in [9.17, 15) is 27.9 Å². The van der Waals surface area contributed by atoms with Crippen LogP contribution in [0.4, 0.5) is 18.9 Å². The number of alkyl halides is 2. The molecule has 2 N–H and O–H groups in total. The highest BCUT2D eigenvalue weighted by Gasteiger charge is 2.51. The van der Waals surface area contributed by atoms with Crippen molar-refractivity contribution in [2.75, 3.05) is 11.4 Å². The first-order chi connectivity index (χ1) is 13.6. The lowest BCUT2D eigenvalue weighted by molar-refractivity contribution is -0.149. The molecule has 2 heterocycles. The highest BCUT2D eigenvalue weighted by atomic mass is 35.5. The number of nitrogens with zero attached hydrogens (tertiary/aromatic N) is 2. The van der Waals surface area contributed by atoms with E-state index in [2.05, 4.69) is 10.3 Å². The number of rotatable bonds is 5. The summed E-state index contributed by atoms with van der Waals surface area (Å²) in [6.45, 7) is -0.219. The van der Waals surface area contributed by atoms with E-state index >= 15 is 0 Å². The van der Waals surface area contributed by atoms with Crippen molar-refractivity contribution in [1.29, 1.82) is 0 Å². The second kappa shape index (κ2) is 8.17. The van der Waals surface area contributed by atoms with Crippen molar-refractivity contribution in [3.63, 3.8) is 0 Å². The Bertz CT molecular complexity index is 956. The predicted molar refractivity (Wildman–Crippen MR) is 99.4 cm³/mol. The molecule has 0 aliphatic carbocycles. The van der Waals surface area contributed by atoms with E-state index in [1.54, 1.807) is 0 Å². The maximum atomic E-state index is 13.4. The minimum Gasteiger partial charge on any atom is -0.372 e. The van der Waals surface area contributed by atoms with Crippen molar-refractivity contribution in [3.05, 3.63) is 57.6 Å². The van der Waals surface area contributed by atoms with Crippen LogP contribution in [0.5, 0.6) is 0 Å². The Balaban J connectivity index is 1.73. The number of nitrogens with one attached hydrogen (secondary N) is 1. The summed E-state index contributed by atoms with van der Waals surface area (Å²) >= 11 is 11.5. The Morgan fingerprint density at radius 1 is 1.31 bits per heavy atom. The van der Waals surface area contributed by atoms with Gasteiger partial charge in [0, 0.05) is 24.5 Å². The van der Waals surface area contributed by atoms with Gasteiger partial charge < -0.3 is 15.3 Å². The maximum Gasteiger partial charge on any atom is 0.281 e. The first-order valence-electron chi connectivity index (χ1n) is 8.33. The Hall–Kier alpha value is -2.36. The summed E-state index contributed by atoms with van der Waals surface area (Å²) in [6.07, 6.45) is -2.11. The molecule has 29 heavy (non-hydrogen) atoms. The number of anilines is 1. The fourth-order valence-electron chi connectivity index (χ4n) is 2.95. The van der Waals surface area contributed by atoms with Gasteiger partial charge in [0.05, 0.1) is 16.9 Å². The Morgan fingerprint density at radius 3 is 2.66 bits per heavy atom. The second-order valence-electron chi connectivity index (χ2n) is 6.39. The molecule has 6 nitrogen and oxygen atoms in total. The number of aromatic nitrogens is 1. The average molecular weight is 448 g/mol. The van der Waals surface area contributed by atoms with Crippen LogP contribution < -0.4 is 10.2 Å². The van der Waals surface area contributed by atoms with Crippen LogP contribution in [0, 0.1) is 5.82 Å². The van der Waals surface area contributed by atoms with Crippen LogP contribution in [-0.4, -0.2) is 34.1 Å². The molecule has 2 aromatic rings. The topological polar surface area (TPSA) is 82.5 Å². The number of carbonyl (C=O) groups excluding carboxylic acids is 2. The quantitative estimate of drug-likeness (QED) is 0.689. The molecule has 0 radical (unpaired) electrons. The van der Waals surface area contributed by atoms with Crippen LogP contribution in [-0.2, 0) is 16.1 Å². The molecule has 1 aliphatic heterocycles. The first-order valence-corrected chi connectivity index (χ1v) is 9.08. The van der Waals surface area contributed by atoms with Crippen molar-refractivity contribution in [3.8, 4) is 0 Å². The normalized spacial score (nSPS) is 19.1. The summed E-state index contributed by atoms with van der Waals surface area (Å²) in [7, 11) is 0. The fourth-order valence-corrected chi connectivity index (χ4v) is 3.44. The molecule has 0 spiro atoms. The van der Waals surface area contributed by atoms with E-state index < -0.39 is 35.4 Å². The molecule has 1 saturated heterocycles. The molecule has 154 valence electrons. The van der Waals surface area contributed by atoms with Gasteiger partial charge in [-0.05, 0) is 29.8 Å². The van der Waals surface area contributed by atoms with Crippen LogP contribution in [0.15, 0.2) is 30.5 Å². The third-order valence-corrected chi connectivity index (χ3v) is 4.94. The number of halogens is 5. The van der Waals surface area contributed by atoms with E-state index in [1.807, 2.05) is 0 Å². The van der Waals surface area contributed by atoms with Crippen molar-refractivity contribution >= 4 is 40.7 Å². The Morgan fingerprint density at radius 2 is 2.03 bits per heavy atom. The maximum absolute atomic E-state index is 13.4. The van der Waals surface area contributed by atoms with Crippen LogP contribution in [0.1, 0.15) is 24.1 Å². The molecule has 0 unspecified atom stereocenters. The fraction of sp³-hybridized carbons (Fsp3) is 0.278. The molecular weight excluding hydrogens is 434 g/mol. The molecule has 1 atom stereocenters. The van der Waals surface area contributed by atoms with Crippen molar-refractivity contribution in [1.82, 2.24) is 10.3 Å². The van der Waals surface area contributed by atoms with E-state index in [1.165, 1.54) is 6.07 Å². The zero-order valence-electron chi connectivity index (χ0n) is 14.6. The molecule has 3 rings (SSSR count). The van der Waals surface area contributed by atoms with E-state index in [-0.39, 0.29) is 35.2 Å². The summed E-state index contributed by atoms with van der Waals surface area (Å²) in [5.74, 6) is -2.52. The summed E-state index contributed by atoms with van der Waals surface area (Å²) in [5.41, 5.74) is -2.59. The molecule has 2 amide bonds. The number of amides is 2. The second-order valence-corrected chi connectivity index (χ2v) is 7.23. The van der Waals surface area contributed by atoms with Gasteiger partial charge in [0.15, 0.2) is 0 Å². The number of carbonyl (C=O) groups is 2. The van der Waals surface area contributed by atoms with Crippen LogP contribution in [0.25, 0.3) is 0 Å². The standard InChI is InChI=1S/C18H14Cl2F3N3O3/c19-10-3-9(4-11(21)5-10)7-25-16(27)18(29)1-2-26(17(18)28)12-6-13(20)14(15(22)23)24-8-12/h3-6,8,15,29H,1-2,7H2,(H,25,27)/t18-/m0/s1. The molecule has 1 aromatic heterocycles. The van der Waals surface area contributed by atoms with Crippen molar-refractivity contribution in [2.24, 2.45) is 0 Å². The minimum absolute atomic E-state index is 0.0550. The van der Waals surface area contributed by atoms with Gasteiger partial charge in [-0.15, -0.1) is 0 Å². The number of pyridine rings is 1. The van der Waals surface area contributed by atoms with Gasteiger partial charge in [-0.2, -0.15) is 0 Å². The summed E-state index contributed by atoms with van der Waals surface area (Å²) in [6, 6.07) is 4.79. The molecule has 11 heteroatoms. The number of benzene rings is 1. The third-order valence-electron chi connectivity index (χ3n) is 4.42. The molecular formula is C18H14Cl2F3N3O3. The summed E-state index contributed by atoms with van der Waals surface area (Å²) in [4.78, 5) is 29.6. The predicted octanol–water partition coefficient (Wildman–Crippen LogP) is 3.25. The SMILES string of the molecule is O=C(NCc1cc(F)cc(Cl)c1)[C@@]1(O)CCN(c2cnc(C(F)F)c(Cl)c2)C1=O. The zero-order valence-corrected chi connectivity index (χ0v) is 16.1. The molecule has 1 aromatic carbocycles. The van der Waals surface area contributed by atoms with E-state index in [0.29, 0.717) is 5.56 Å². The van der Waals surface area contributed by atoms with E-state index in [4.69, 9.17) is 23.2 Å². The lowest BCUT2D eigenvalue weighted by Gasteiger charge is -2.22. The van der Waals surface area contributed by atoms with Gasteiger partial charge in [0.25, 0.3) is 18.2 Å². The van der Waals surface area contributed by atoms with Gasteiger partial charge >= 0.3 is 0 Å². The highest BCUT2D eigenvalue weighted by molar-refractivity contribution is 6.31. The number of hydrogen-bond acceptors (Lipinski definition) is 4. The van der Waals surface area contributed by atoms with Gasteiger partial charge in [-0.1, -0.05) is 23.2 Å². The van der Waals surface area contributed by atoms with Gasteiger partial charge in [0.1, 0.15) is 11.5 Å². The van der Waals surface area contributed by atoms with Crippen LogP contribution >= 0.6 is 23.2 Å². The molecule has 0 saturated carbocycles. The first kappa shape index (κ1) is 21.4. The van der Waals surface area contributed by atoms with Crippen molar-refractivity contribution < 1.29 is 27.9 Å². The zero-order chi connectivity index (χ0) is 21.3. The largest absolute Gasteiger partial charge is 0.372 e. The highest BCUT2D eigenvalue weighted by Crippen LogP contribution is 2.32. The smallest absolute Gasteiger partial charge is 0.281 e. The van der Waals surface area contributed by atoms with Crippen LogP contribution in [0.2, 0.25) is 10.0 Å². The average Bonchev–Trinajstić information content (AvgIpc) is 2.95. The van der Waals surface area contributed by atoms with Crippen LogP contribution in [0.3, 0.4) is 0 Å². The molecule has 1 fully saturated rings. The summed E-state index contributed by atoms with van der Waals surface area (Å²) < 4.78 is 38.9. The third kappa shape index (κ3) is 4.31. The Kier molecular flexibility index (Phi) is 6.02. The number of hydrogen-bond donors (Lipinski definition) is 2. The van der Waals surface area contributed by atoms with Gasteiger partial charge in [0.2, 0.25) is 5.60 Å². The Labute approximate surface area is 173 Å².